The molecule has 1 aliphatic carbocycles. The summed E-state index contributed by atoms with van der Waals surface area (Å²) >= 11 is 7.44. The van der Waals surface area contributed by atoms with Crippen LogP contribution in [0.5, 0.6) is 0 Å². The molecule has 2 atom stereocenters. The first-order valence-corrected chi connectivity index (χ1v) is 6.78. The average Bonchev–Trinajstić information content (AvgIpc) is 2.55. The van der Waals surface area contributed by atoms with E-state index in [1.54, 1.807) is 0 Å². The molecule has 0 aliphatic heterocycles. The summed E-state index contributed by atoms with van der Waals surface area (Å²) in [6, 6.07) is 3.86. The highest BCUT2D eigenvalue weighted by atomic mass is 35.5. The van der Waals surface area contributed by atoms with Crippen LogP contribution in [-0.4, -0.2) is 5.11 Å². The molecule has 0 saturated heterocycles. The van der Waals surface area contributed by atoms with E-state index < -0.39 is 5.60 Å². The van der Waals surface area contributed by atoms with Gasteiger partial charge in [-0.25, -0.2) is 0 Å². The molecule has 0 spiro atoms. The molecular formula is C12H17ClOS. The van der Waals surface area contributed by atoms with Crippen molar-refractivity contribution in [2.24, 2.45) is 5.92 Å². The van der Waals surface area contributed by atoms with Gasteiger partial charge in [0.05, 0.1) is 9.94 Å². The highest BCUT2D eigenvalue weighted by Crippen LogP contribution is 2.41. The van der Waals surface area contributed by atoms with E-state index in [-0.39, 0.29) is 0 Å². The fraction of sp³-hybridized carbons (Fsp3) is 0.667. The SMILES string of the molecule is CC1CCCC(O)(c2ccc(Cl)s2)CC1. The van der Waals surface area contributed by atoms with Crippen LogP contribution >= 0.6 is 22.9 Å². The third-order valence-corrected chi connectivity index (χ3v) is 4.79. The smallest absolute Gasteiger partial charge is 0.0988 e. The van der Waals surface area contributed by atoms with E-state index in [4.69, 9.17) is 11.6 Å². The maximum atomic E-state index is 10.6. The summed E-state index contributed by atoms with van der Waals surface area (Å²) in [5, 5.41) is 10.6. The summed E-state index contributed by atoms with van der Waals surface area (Å²) in [6.45, 7) is 2.27. The van der Waals surface area contributed by atoms with Crippen molar-refractivity contribution in [1.29, 1.82) is 0 Å². The van der Waals surface area contributed by atoms with Crippen molar-refractivity contribution in [3.05, 3.63) is 21.3 Å². The minimum absolute atomic E-state index is 0.609. The summed E-state index contributed by atoms with van der Waals surface area (Å²) in [5.74, 6) is 0.745. The molecule has 1 N–H and O–H groups in total. The van der Waals surface area contributed by atoms with Crippen LogP contribution in [0.3, 0.4) is 0 Å². The van der Waals surface area contributed by atoms with Gasteiger partial charge in [0.25, 0.3) is 0 Å². The maximum absolute atomic E-state index is 10.6. The Bertz CT molecular complexity index is 336. The first kappa shape index (κ1) is 11.4. The molecule has 1 saturated carbocycles. The summed E-state index contributed by atoms with van der Waals surface area (Å²) < 4.78 is 0.774. The van der Waals surface area contributed by atoms with E-state index in [1.165, 1.54) is 17.8 Å². The van der Waals surface area contributed by atoms with Gasteiger partial charge in [-0.05, 0) is 43.7 Å². The third-order valence-electron chi connectivity index (χ3n) is 3.37. The number of thiophene rings is 1. The van der Waals surface area contributed by atoms with E-state index in [0.29, 0.717) is 0 Å². The molecule has 1 fully saturated rings. The number of hydrogen-bond acceptors (Lipinski definition) is 2. The standard InChI is InChI=1S/C12H17ClOS/c1-9-3-2-7-12(14,8-6-9)10-4-5-11(13)15-10/h4-5,9,14H,2-3,6-8H2,1H3. The van der Waals surface area contributed by atoms with Crippen LogP contribution in [0.25, 0.3) is 0 Å². The Morgan fingerprint density at radius 1 is 1.40 bits per heavy atom. The monoisotopic (exact) mass is 244 g/mol. The number of hydrogen-bond donors (Lipinski definition) is 1. The van der Waals surface area contributed by atoms with Crippen molar-refractivity contribution in [2.75, 3.05) is 0 Å². The van der Waals surface area contributed by atoms with Gasteiger partial charge in [-0.3, -0.25) is 0 Å². The fourth-order valence-electron chi connectivity index (χ4n) is 2.31. The number of aliphatic hydroxyl groups is 1. The van der Waals surface area contributed by atoms with Gasteiger partial charge >= 0.3 is 0 Å². The van der Waals surface area contributed by atoms with Crippen LogP contribution in [0.1, 0.15) is 43.9 Å². The molecule has 1 nitrogen and oxygen atoms in total. The molecule has 2 rings (SSSR count). The van der Waals surface area contributed by atoms with E-state index in [9.17, 15) is 5.11 Å². The molecule has 0 amide bonds. The highest BCUT2D eigenvalue weighted by Gasteiger charge is 2.32. The molecule has 0 radical (unpaired) electrons. The second-order valence-electron chi connectivity index (χ2n) is 4.67. The van der Waals surface area contributed by atoms with E-state index >= 15 is 0 Å². The van der Waals surface area contributed by atoms with Crippen LogP contribution in [0.2, 0.25) is 4.34 Å². The van der Waals surface area contributed by atoms with Crippen LogP contribution in [0.4, 0.5) is 0 Å². The Morgan fingerprint density at radius 2 is 2.20 bits per heavy atom. The number of rotatable bonds is 1. The fourth-order valence-corrected chi connectivity index (χ4v) is 3.50. The molecule has 3 heteroatoms. The second-order valence-corrected chi connectivity index (χ2v) is 6.39. The van der Waals surface area contributed by atoms with Crippen molar-refractivity contribution >= 4 is 22.9 Å². The second kappa shape index (κ2) is 4.44. The third kappa shape index (κ3) is 2.55. The lowest BCUT2D eigenvalue weighted by Crippen LogP contribution is -2.23. The van der Waals surface area contributed by atoms with Crippen LogP contribution in [0, 0.1) is 5.92 Å². The van der Waals surface area contributed by atoms with Crippen molar-refractivity contribution in [1.82, 2.24) is 0 Å². The van der Waals surface area contributed by atoms with Crippen molar-refractivity contribution in [3.8, 4) is 0 Å². The largest absolute Gasteiger partial charge is 0.384 e. The molecule has 1 heterocycles. The van der Waals surface area contributed by atoms with E-state index in [0.717, 1.165) is 40.8 Å². The zero-order valence-electron chi connectivity index (χ0n) is 9.00. The van der Waals surface area contributed by atoms with Crippen molar-refractivity contribution in [3.63, 3.8) is 0 Å². The summed E-state index contributed by atoms with van der Waals surface area (Å²) in [6.07, 6.45) is 5.24. The predicted molar refractivity (Wildman–Crippen MR) is 65.5 cm³/mol. The molecule has 0 aromatic carbocycles. The molecule has 84 valence electrons. The zero-order chi connectivity index (χ0) is 10.9. The van der Waals surface area contributed by atoms with Gasteiger partial charge in [0, 0.05) is 4.88 Å². The first-order chi connectivity index (χ1) is 7.10. The van der Waals surface area contributed by atoms with Crippen LogP contribution < -0.4 is 0 Å². The van der Waals surface area contributed by atoms with Gasteiger partial charge in [0.15, 0.2) is 0 Å². The minimum atomic E-state index is -0.609. The maximum Gasteiger partial charge on any atom is 0.0988 e. The molecule has 1 aliphatic rings. The van der Waals surface area contributed by atoms with Gasteiger partial charge in [0.2, 0.25) is 0 Å². The summed E-state index contributed by atoms with van der Waals surface area (Å²) in [4.78, 5) is 1.04. The van der Waals surface area contributed by atoms with E-state index in [1.807, 2.05) is 12.1 Å². The lowest BCUT2D eigenvalue weighted by Gasteiger charge is -2.25. The quantitative estimate of drug-likeness (QED) is 0.735. The van der Waals surface area contributed by atoms with Gasteiger partial charge in [-0.15, -0.1) is 11.3 Å². The lowest BCUT2D eigenvalue weighted by molar-refractivity contribution is 0.0235. The Hall–Kier alpha value is -0.0500. The van der Waals surface area contributed by atoms with Crippen molar-refractivity contribution in [2.45, 2.75) is 44.6 Å². The van der Waals surface area contributed by atoms with Crippen LogP contribution in [-0.2, 0) is 5.60 Å². The topological polar surface area (TPSA) is 20.2 Å². The zero-order valence-corrected chi connectivity index (χ0v) is 10.6. The van der Waals surface area contributed by atoms with Crippen molar-refractivity contribution < 1.29 is 5.11 Å². The normalized spacial score (nSPS) is 32.6. The van der Waals surface area contributed by atoms with E-state index in [2.05, 4.69) is 6.92 Å². The Morgan fingerprint density at radius 3 is 2.87 bits per heavy atom. The molecule has 0 bridgehead atoms. The van der Waals surface area contributed by atoms with Gasteiger partial charge < -0.3 is 5.11 Å². The lowest BCUT2D eigenvalue weighted by atomic mass is 9.92. The molecule has 2 unspecified atom stereocenters. The first-order valence-electron chi connectivity index (χ1n) is 5.58. The Labute approximate surface area is 100 Å². The molecule has 1 aromatic rings. The summed E-state index contributed by atoms with van der Waals surface area (Å²) in [5.41, 5.74) is -0.609. The molecule has 15 heavy (non-hydrogen) atoms. The minimum Gasteiger partial charge on any atom is -0.384 e. The van der Waals surface area contributed by atoms with Crippen LogP contribution in [0.15, 0.2) is 12.1 Å². The highest BCUT2D eigenvalue weighted by molar-refractivity contribution is 7.16. The number of halogens is 1. The average molecular weight is 245 g/mol. The Balaban J connectivity index is 2.18. The predicted octanol–water partition coefficient (Wildman–Crippen LogP) is 4.19. The van der Waals surface area contributed by atoms with Gasteiger partial charge in [0.1, 0.15) is 0 Å². The molecular weight excluding hydrogens is 228 g/mol. The summed E-state index contributed by atoms with van der Waals surface area (Å²) in [7, 11) is 0. The Kier molecular flexibility index (Phi) is 3.39. The van der Waals surface area contributed by atoms with Gasteiger partial charge in [-0.2, -0.15) is 0 Å². The van der Waals surface area contributed by atoms with Gasteiger partial charge in [-0.1, -0.05) is 24.9 Å². The molecule has 1 aromatic heterocycles.